The number of amides is 1. The van der Waals surface area contributed by atoms with Gasteiger partial charge in [0.1, 0.15) is 17.1 Å². The zero-order chi connectivity index (χ0) is 17.7. The molecule has 7 heteroatoms. The van der Waals surface area contributed by atoms with Crippen LogP contribution in [0.15, 0.2) is 40.9 Å². The summed E-state index contributed by atoms with van der Waals surface area (Å²) in [5.41, 5.74) is 2.16. The van der Waals surface area contributed by atoms with Crippen LogP contribution in [0.4, 0.5) is 5.69 Å². The van der Waals surface area contributed by atoms with E-state index in [1.54, 1.807) is 18.2 Å². The van der Waals surface area contributed by atoms with E-state index in [9.17, 15) is 4.79 Å². The average Bonchev–Trinajstić information content (AvgIpc) is 2.56. The highest BCUT2D eigenvalue weighted by molar-refractivity contribution is 9.10. The van der Waals surface area contributed by atoms with Crippen molar-refractivity contribution in [3.63, 3.8) is 0 Å². The largest absolute Gasteiger partial charge is 0.496 e. The lowest BCUT2D eigenvalue weighted by molar-refractivity contribution is 0.0971. The number of anilines is 1. The van der Waals surface area contributed by atoms with E-state index >= 15 is 0 Å². The molecule has 1 amide bonds. The van der Waals surface area contributed by atoms with Crippen LogP contribution in [0, 0.1) is 6.92 Å². The van der Waals surface area contributed by atoms with Gasteiger partial charge in [-0.3, -0.25) is 10.1 Å². The maximum Gasteiger partial charge on any atom is 0.264 e. The molecule has 0 radical (unpaired) electrons. The van der Waals surface area contributed by atoms with Crippen molar-refractivity contribution in [3.8, 4) is 11.5 Å². The quantitative estimate of drug-likeness (QED) is 0.751. The maximum atomic E-state index is 12.5. The van der Waals surface area contributed by atoms with Gasteiger partial charge in [0.2, 0.25) is 0 Å². The fourth-order valence-corrected chi connectivity index (χ4v) is 2.91. The number of carbonyl (C=O) groups excluding carboxylic acids is 1. The van der Waals surface area contributed by atoms with E-state index < -0.39 is 5.91 Å². The van der Waals surface area contributed by atoms with E-state index in [-0.39, 0.29) is 10.7 Å². The summed E-state index contributed by atoms with van der Waals surface area (Å²) in [5, 5.41) is 5.80. The Bertz CT molecular complexity index is 758. The number of aryl methyl sites for hydroxylation is 1. The van der Waals surface area contributed by atoms with E-state index in [0.717, 1.165) is 15.7 Å². The molecule has 2 N–H and O–H groups in total. The molecule has 0 aromatic heterocycles. The molecule has 0 heterocycles. The van der Waals surface area contributed by atoms with Crippen LogP contribution >= 0.6 is 28.1 Å². The summed E-state index contributed by atoms with van der Waals surface area (Å²) >= 11 is 8.68. The summed E-state index contributed by atoms with van der Waals surface area (Å²) in [6.45, 7) is 1.99. The van der Waals surface area contributed by atoms with Crippen molar-refractivity contribution < 1.29 is 14.3 Å². The van der Waals surface area contributed by atoms with Crippen LogP contribution in [0.1, 0.15) is 15.9 Å². The molecule has 2 aromatic rings. The van der Waals surface area contributed by atoms with Gasteiger partial charge in [0.05, 0.1) is 19.9 Å². The molecule has 0 saturated carbocycles. The van der Waals surface area contributed by atoms with Gasteiger partial charge in [-0.1, -0.05) is 12.1 Å². The SMILES string of the molecule is COc1cccc(OC)c1C(=O)NC(=S)Nc1ccc(C)cc1Br. The van der Waals surface area contributed by atoms with E-state index in [4.69, 9.17) is 21.7 Å². The van der Waals surface area contributed by atoms with Crippen LogP contribution < -0.4 is 20.1 Å². The summed E-state index contributed by atoms with van der Waals surface area (Å²) in [4.78, 5) is 12.5. The molecule has 0 saturated heterocycles. The van der Waals surface area contributed by atoms with Gasteiger partial charge in [-0.2, -0.15) is 0 Å². The lowest BCUT2D eigenvalue weighted by Gasteiger charge is -2.15. The number of methoxy groups -OCH3 is 2. The standard InChI is InChI=1S/C17H17BrN2O3S/c1-10-7-8-12(11(18)9-10)19-17(24)20-16(21)15-13(22-2)5-4-6-14(15)23-3/h4-9H,1-3H3,(H2,19,20,21,24). The molecule has 0 unspecified atom stereocenters. The fraction of sp³-hybridized carbons (Fsp3) is 0.176. The zero-order valence-corrected chi connectivity index (χ0v) is 15.9. The van der Waals surface area contributed by atoms with Gasteiger partial charge < -0.3 is 14.8 Å². The van der Waals surface area contributed by atoms with Gasteiger partial charge in [-0.05, 0) is 64.9 Å². The Morgan fingerprint density at radius 2 is 1.75 bits per heavy atom. The first-order chi connectivity index (χ1) is 11.5. The van der Waals surface area contributed by atoms with Crippen molar-refractivity contribution in [3.05, 3.63) is 52.0 Å². The van der Waals surface area contributed by atoms with E-state index in [2.05, 4.69) is 26.6 Å². The van der Waals surface area contributed by atoms with Crippen molar-refractivity contribution in [1.82, 2.24) is 5.32 Å². The molecule has 0 aliphatic heterocycles. The number of ether oxygens (including phenoxy) is 2. The van der Waals surface area contributed by atoms with Crippen LogP contribution in [0.5, 0.6) is 11.5 Å². The maximum absolute atomic E-state index is 12.5. The number of halogens is 1. The third-order valence-corrected chi connectivity index (χ3v) is 4.11. The summed E-state index contributed by atoms with van der Waals surface area (Å²) < 4.78 is 11.3. The number of hydrogen-bond acceptors (Lipinski definition) is 4. The molecule has 0 atom stereocenters. The van der Waals surface area contributed by atoms with Crippen LogP contribution in [0.3, 0.4) is 0 Å². The summed E-state index contributed by atoms with van der Waals surface area (Å²) in [6.07, 6.45) is 0. The Balaban J connectivity index is 2.16. The minimum atomic E-state index is -0.412. The lowest BCUT2D eigenvalue weighted by atomic mass is 10.1. The molecule has 0 aliphatic carbocycles. The first kappa shape index (κ1) is 18.2. The number of carbonyl (C=O) groups is 1. The van der Waals surface area contributed by atoms with Crippen LogP contribution in [0.25, 0.3) is 0 Å². The normalized spacial score (nSPS) is 10.0. The van der Waals surface area contributed by atoms with Crippen molar-refractivity contribution in [2.45, 2.75) is 6.92 Å². The predicted octanol–water partition coefficient (Wildman–Crippen LogP) is 3.90. The topological polar surface area (TPSA) is 59.6 Å². The molecule has 0 spiro atoms. The van der Waals surface area contributed by atoms with Crippen LogP contribution in [-0.2, 0) is 0 Å². The molecule has 0 aliphatic rings. The molecular formula is C17H17BrN2O3S. The highest BCUT2D eigenvalue weighted by atomic mass is 79.9. The smallest absolute Gasteiger partial charge is 0.264 e. The highest BCUT2D eigenvalue weighted by Crippen LogP contribution is 2.28. The van der Waals surface area contributed by atoms with Gasteiger partial charge in [-0.15, -0.1) is 0 Å². The third-order valence-electron chi connectivity index (χ3n) is 3.25. The molecule has 2 rings (SSSR count). The molecule has 24 heavy (non-hydrogen) atoms. The monoisotopic (exact) mass is 408 g/mol. The van der Waals surface area contributed by atoms with Crippen LogP contribution in [0.2, 0.25) is 0 Å². The molecule has 2 aromatic carbocycles. The average molecular weight is 409 g/mol. The Labute approximate surface area is 154 Å². The van der Waals surface area contributed by atoms with Crippen molar-refractivity contribution >= 4 is 44.9 Å². The Hall–Kier alpha value is -2.12. The first-order valence-corrected chi connectivity index (χ1v) is 8.26. The molecule has 126 valence electrons. The molecule has 0 bridgehead atoms. The fourth-order valence-electron chi connectivity index (χ4n) is 2.12. The number of benzene rings is 2. The van der Waals surface area contributed by atoms with Gasteiger partial charge in [0.15, 0.2) is 5.11 Å². The molecular weight excluding hydrogens is 392 g/mol. The van der Waals surface area contributed by atoms with Gasteiger partial charge in [0, 0.05) is 4.47 Å². The number of rotatable bonds is 4. The second-order valence-corrected chi connectivity index (χ2v) is 6.19. The summed E-state index contributed by atoms with van der Waals surface area (Å²) in [7, 11) is 2.98. The van der Waals surface area contributed by atoms with Crippen LogP contribution in [-0.4, -0.2) is 25.2 Å². The zero-order valence-electron chi connectivity index (χ0n) is 13.5. The van der Waals surface area contributed by atoms with Gasteiger partial charge >= 0.3 is 0 Å². The van der Waals surface area contributed by atoms with E-state index in [1.165, 1.54) is 14.2 Å². The van der Waals surface area contributed by atoms with E-state index in [1.807, 2.05) is 25.1 Å². The Morgan fingerprint density at radius 1 is 1.12 bits per heavy atom. The molecule has 0 fully saturated rings. The lowest BCUT2D eigenvalue weighted by Crippen LogP contribution is -2.34. The Kier molecular flexibility index (Phi) is 6.16. The van der Waals surface area contributed by atoms with Gasteiger partial charge in [0.25, 0.3) is 5.91 Å². The number of hydrogen-bond donors (Lipinski definition) is 2. The highest BCUT2D eigenvalue weighted by Gasteiger charge is 2.19. The number of nitrogens with one attached hydrogen (secondary N) is 2. The van der Waals surface area contributed by atoms with Gasteiger partial charge in [-0.25, -0.2) is 0 Å². The first-order valence-electron chi connectivity index (χ1n) is 7.05. The van der Waals surface area contributed by atoms with Crippen molar-refractivity contribution in [2.75, 3.05) is 19.5 Å². The number of thiocarbonyl (C=S) groups is 1. The predicted molar refractivity (Wildman–Crippen MR) is 102 cm³/mol. The second-order valence-electron chi connectivity index (χ2n) is 4.93. The van der Waals surface area contributed by atoms with Crippen molar-refractivity contribution in [2.24, 2.45) is 0 Å². The third kappa shape index (κ3) is 4.24. The molecule has 5 nitrogen and oxygen atoms in total. The van der Waals surface area contributed by atoms with E-state index in [0.29, 0.717) is 11.5 Å². The summed E-state index contributed by atoms with van der Waals surface area (Å²) in [6, 6.07) is 10.9. The van der Waals surface area contributed by atoms with Crippen molar-refractivity contribution in [1.29, 1.82) is 0 Å². The second kappa shape index (κ2) is 8.12. The minimum Gasteiger partial charge on any atom is -0.496 e. The minimum absolute atomic E-state index is 0.178. The summed E-state index contributed by atoms with van der Waals surface area (Å²) in [5.74, 6) is 0.405. The Morgan fingerprint density at radius 3 is 2.29 bits per heavy atom.